The molecule has 2 N–H and O–H groups in total. The number of furan rings is 1. The minimum atomic E-state index is -0.363. The molecule has 10 heteroatoms. The van der Waals surface area contributed by atoms with Crippen molar-refractivity contribution in [3.63, 3.8) is 0 Å². The van der Waals surface area contributed by atoms with E-state index in [1.54, 1.807) is 54.8 Å². The van der Waals surface area contributed by atoms with E-state index >= 15 is 0 Å². The van der Waals surface area contributed by atoms with Crippen LogP contribution >= 0.6 is 0 Å². The first-order chi connectivity index (χ1) is 16.5. The Morgan fingerprint density at radius 2 is 2.09 bits per heavy atom. The third-order valence-corrected chi connectivity index (χ3v) is 5.98. The fraction of sp³-hybridized carbons (Fsp3) is 0.292. The molecule has 1 fully saturated rings. The summed E-state index contributed by atoms with van der Waals surface area (Å²) in [5.41, 5.74) is 1.96. The number of esters is 1. The van der Waals surface area contributed by atoms with E-state index < -0.39 is 0 Å². The maximum absolute atomic E-state index is 13.0. The number of rotatable bonds is 5. The number of ether oxygens (including phenoxy) is 1. The number of likely N-dealkylation sites (tertiary alicyclic amines) is 1. The summed E-state index contributed by atoms with van der Waals surface area (Å²) in [5.74, 6) is 7.22. The highest BCUT2D eigenvalue weighted by atomic mass is 16.5. The van der Waals surface area contributed by atoms with Gasteiger partial charge in [0, 0.05) is 24.2 Å². The van der Waals surface area contributed by atoms with E-state index in [0.29, 0.717) is 48.4 Å². The maximum Gasteiger partial charge on any atom is 0.310 e. The molecule has 174 valence electrons. The Kier molecular flexibility index (Phi) is 5.68. The summed E-state index contributed by atoms with van der Waals surface area (Å²) in [5, 5.41) is 4.47. The summed E-state index contributed by atoms with van der Waals surface area (Å²) in [4.78, 5) is 35.7. The van der Waals surface area contributed by atoms with E-state index in [1.807, 2.05) is 12.1 Å². The summed E-state index contributed by atoms with van der Waals surface area (Å²) in [6.45, 7) is 3.12. The number of amides is 1. The predicted octanol–water partition coefficient (Wildman–Crippen LogP) is 2.54. The molecule has 10 nitrogen and oxygen atoms in total. The molecular weight excluding hydrogens is 436 g/mol. The lowest BCUT2D eigenvalue weighted by atomic mass is 9.97. The normalized spacial score (nSPS) is 23.6. The number of carbonyl (C=O) groups is 2. The number of carbonyl (C=O) groups excluding carboxylic acids is 2. The van der Waals surface area contributed by atoms with Crippen LogP contribution in [0, 0.1) is 5.92 Å². The van der Waals surface area contributed by atoms with Crippen molar-refractivity contribution in [2.75, 3.05) is 19.7 Å². The highest BCUT2D eigenvalue weighted by Crippen LogP contribution is 2.27. The predicted molar refractivity (Wildman–Crippen MR) is 125 cm³/mol. The van der Waals surface area contributed by atoms with E-state index in [0.717, 1.165) is 18.4 Å². The molecule has 0 saturated carbocycles. The van der Waals surface area contributed by atoms with Gasteiger partial charge >= 0.3 is 5.97 Å². The number of nitrogens with two attached hydrogens (primary N) is 1. The summed E-state index contributed by atoms with van der Waals surface area (Å²) < 4.78 is 10.1. The van der Waals surface area contributed by atoms with Crippen LogP contribution < -0.4 is 5.84 Å². The molecule has 2 unspecified atom stereocenters. The quantitative estimate of drug-likeness (QED) is 0.416. The Balaban J connectivity index is 1.31. The van der Waals surface area contributed by atoms with Crippen LogP contribution in [0.25, 0.3) is 5.70 Å². The zero-order chi connectivity index (χ0) is 23.7. The molecule has 3 aliphatic heterocycles. The highest BCUT2D eigenvalue weighted by Gasteiger charge is 2.40. The van der Waals surface area contributed by atoms with Crippen LogP contribution in [0.15, 0.2) is 68.4 Å². The standard InChI is InChI=1S/C24H25N6O4/c1-2-33-24(32)18-5-3-11-29(14-18)23(31)17-9-7-16(8-10-17)19-15-30(25)21(13-26-19)27-22(28-30)20-6-4-12-34-20/h4,6-10,12-13,15,18H,2-3,5,11,14,25H2,1H3/q+1. The molecule has 0 radical (unpaired) electrons. The average molecular weight is 462 g/mol. The SMILES string of the molecule is CCOC(=O)C1CCCN(C(=O)c2ccc(C3=C[N+]4(N)N=C(c5ccco5)N=C4C=N3)cc2)C1. The van der Waals surface area contributed by atoms with Crippen LogP contribution in [0.2, 0.25) is 0 Å². The van der Waals surface area contributed by atoms with Crippen molar-refractivity contribution < 1.29 is 23.4 Å². The number of piperidine rings is 1. The number of nitrogens with zero attached hydrogens (tertiary/aromatic N) is 5. The number of aliphatic imine (C=N–C) groups is 2. The molecule has 0 bridgehead atoms. The Bertz CT molecular complexity index is 1230. The largest absolute Gasteiger partial charge is 0.466 e. The zero-order valence-corrected chi connectivity index (χ0v) is 18.8. The Labute approximate surface area is 196 Å². The van der Waals surface area contributed by atoms with Gasteiger partial charge in [0.25, 0.3) is 17.6 Å². The summed E-state index contributed by atoms with van der Waals surface area (Å²) >= 11 is 0. The summed E-state index contributed by atoms with van der Waals surface area (Å²) in [6.07, 6.45) is 6.34. The van der Waals surface area contributed by atoms with Crippen LogP contribution in [0.3, 0.4) is 0 Å². The molecule has 1 amide bonds. The van der Waals surface area contributed by atoms with Gasteiger partial charge in [-0.1, -0.05) is 12.1 Å². The van der Waals surface area contributed by atoms with Crippen LogP contribution in [-0.2, 0) is 9.53 Å². The maximum atomic E-state index is 13.0. The number of hydrogen-bond acceptors (Lipinski definition) is 8. The van der Waals surface area contributed by atoms with Crippen molar-refractivity contribution in [1.29, 1.82) is 0 Å². The molecule has 1 saturated heterocycles. The van der Waals surface area contributed by atoms with Gasteiger partial charge in [0.05, 0.1) is 18.8 Å². The van der Waals surface area contributed by atoms with Crippen molar-refractivity contribution in [3.8, 4) is 0 Å². The number of benzene rings is 1. The first kappa shape index (κ1) is 21.9. The van der Waals surface area contributed by atoms with Gasteiger partial charge in [0.15, 0.2) is 12.0 Å². The second kappa shape index (κ2) is 8.81. The second-order valence-electron chi connectivity index (χ2n) is 8.30. The van der Waals surface area contributed by atoms with E-state index in [9.17, 15) is 9.59 Å². The second-order valence-corrected chi connectivity index (χ2v) is 8.30. The van der Waals surface area contributed by atoms with E-state index in [-0.39, 0.29) is 22.5 Å². The number of quaternary nitrogens is 1. The van der Waals surface area contributed by atoms with E-state index in [1.165, 1.54) is 0 Å². The third-order valence-electron chi connectivity index (χ3n) is 5.98. The van der Waals surface area contributed by atoms with Crippen molar-refractivity contribution in [2.45, 2.75) is 19.8 Å². The average Bonchev–Trinajstić information content (AvgIpc) is 3.51. The Hall–Kier alpha value is -3.89. The number of fused-ring (bicyclic) bond motifs is 1. The first-order valence-corrected chi connectivity index (χ1v) is 11.2. The van der Waals surface area contributed by atoms with Gasteiger partial charge in [-0.2, -0.15) is 4.99 Å². The molecule has 1 aromatic carbocycles. The van der Waals surface area contributed by atoms with Crippen molar-refractivity contribution in [3.05, 3.63) is 65.7 Å². The zero-order valence-electron chi connectivity index (χ0n) is 18.8. The van der Waals surface area contributed by atoms with Gasteiger partial charge in [-0.3, -0.25) is 9.59 Å². The highest BCUT2D eigenvalue weighted by molar-refractivity contribution is 6.32. The topological polar surface area (TPSA) is 123 Å². The van der Waals surface area contributed by atoms with Gasteiger partial charge < -0.3 is 14.1 Å². The molecule has 2 atom stereocenters. The molecule has 1 aromatic heterocycles. The molecule has 3 aliphatic rings. The van der Waals surface area contributed by atoms with Crippen molar-refractivity contribution in [1.82, 2.24) is 4.90 Å². The van der Waals surface area contributed by atoms with Crippen LogP contribution in [0.4, 0.5) is 0 Å². The van der Waals surface area contributed by atoms with Gasteiger partial charge in [-0.15, -0.1) is 5.84 Å². The lowest BCUT2D eigenvalue weighted by Gasteiger charge is -2.31. The fourth-order valence-corrected chi connectivity index (χ4v) is 4.22. The van der Waals surface area contributed by atoms with Crippen molar-refractivity contribution in [2.24, 2.45) is 26.8 Å². The minimum absolute atomic E-state index is 0.106. The molecule has 0 aliphatic carbocycles. The van der Waals surface area contributed by atoms with Gasteiger partial charge in [0.1, 0.15) is 11.9 Å². The Morgan fingerprint density at radius 1 is 1.26 bits per heavy atom. The summed E-state index contributed by atoms with van der Waals surface area (Å²) in [6, 6.07) is 10.7. The van der Waals surface area contributed by atoms with Gasteiger partial charge in [0.2, 0.25) is 0 Å². The smallest absolute Gasteiger partial charge is 0.310 e. The lowest BCUT2D eigenvalue weighted by Crippen LogP contribution is -2.50. The molecule has 4 heterocycles. The molecule has 0 spiro atoms. The molecule has 34 heavy (non-hydrogen) atoms. The molecule has 5 rings (SSSR count). The van der Waals surface area contributed by atoms with Crippen LogP contribution in [-0.4, -0.2) is 59.1 Å². The van der Waals surface area contributed by atoms with Gasteiger partial charge in [-0.05, 0) is 53.8 Å². The van der Waals surface area contributed by atoms with Crippen LogP contribution in [0.1, 0.15) is 41.4 Å². The third kappa shape index (κ3) is 4.09. The van der Waals surface area contributed by atoms with Gasteiger partial charge in [-0.25, -0.2) is 4.99 Å². The minimum Gasteiger partial charge on any atom is -0.466 e. The molecular formula is C24H25N6O4+. The van der Waals surface area contributed by atoms with Crippen molar-refractivity contribution >= 4 is 35.5 Å². The van der Waals surface area contributed by atoms with E-state index in [4.69, 9.17) is 15.0 Å². The Morgan fingerprint density at radius 3 is 2.82 bits per heavy atom. The summed E-state index contributed by atoms with van der Waals surface area (Å²) in [7, 11) is 0. The lowest BCUT2D eigenvalue weighted by molar-refractivity contribution is -0.802. The number of hydrogen-bond donors (Lipinski definition) is 1. The van der Waals surface area contributed by atoms with Crippen LogP contribution in [0.5, 0.6) is 0 Å². The monoisotopic (exact) mass is 461 g/mol. The number of amidine groups is 2. The fourth-order valence-electron chi connectivity index (χ4n) is 4.22. The first-order valence-electron chi connectivity index (χ1n) is 11.2. The molecule has 2 aromatic rings. The van der Waals surface area contributed by atoms with E-state index in [2.05, 4.69) is 15.1 Å².